The van der Waals surface area contributed by atoms with Gasteiger partial charge >= 0.3 is 6.09 Å². The highest BCUT2D eigenvalue weighted by Crippen LogP contribution is 2.10. The summed E-state index contributed by atoms with van der Waals surface area (Å²) < 4.78 is 5.10. The monoisotopic (exact) mass is 286 g/mol. The van der Waals surface area contributed by atoms with Gasteiger partial charge in [-0.2, -0.15) is 0 Å². The Kier molecular flexibility index (Phi) is 5.35. The summed E-state index contributed by atoms with van der Waals surface area (Å²) in [4.78, 5) is 19.5. The highest BCUT2D eigenvalue weighted by Gasteiger charge is 2.15. The number of carbonyl (C=O) groups excluding carboxylic acids is 1. The van der Waals surface area contributed by atoms with Crippen LogP contribution in [-0.4, -0.2) is 34.8 Å². The van der Waals surface area contributed by atoms with Gasteiger partial charge < -0.3 is 15.4 Å². The summed E-state index contributed by atoms with van der Waals surface area (Å²) in [6, 6.07) is 1.63. The van der Waals surface area contributed by atoms with E-state index >= 15 is 0 Å². The molecule has 19 heavy (non-hydrogen) atoms. The van der Waals surface area contributed by atoms with Gasteiger partial charge in [-0.15, -0.1) is 0 Å². The van der Waals surface area contributed by atoms with Gasteiger partial charge in [0.1, 0.15) is 22.4 Å². The first-order chi connectivity index (χ1) is 8.76. The Morgan fingerprint density at radius 2 is 2.05 bits per heavy atom. The van der Waals surface area contributed by atoms with Crippen molar-refractivity contribution >= 4 is 23.5 Å². The lowest BCUT2D eigenvalue weighted by atomic mass is 10.2. The van der Waals surface area contributed by atoms with E-state index in [4.69, 9.17) is 16.3 Å². The Labute approximate surface area is 117 Å². The van der Waals surface area contributed by atoms with Crippen molar-refractivity contribution < 1.29 is 9.53 Å². The number of amides is 1. The van der Waals surface area contributed by atoms with Gasteiger partial charge in [-0.3, -0.25) is 0 Å². The predicted molar refractivity (Wildman–Crippen MR) is 74.5 cm³/mol. The van der Waals surface area contributed by atoms with Gasteiger partial charge in [-0.25, -0.2) is 14.8 Å². The predicted octanol–water partition coefficient (Wildman–Crippen LogP) is 2.38. The number of rotatable bonds is 4. The smallest absolute Gasteiger partial charge is 0.407 e. The van der Waals surface area contributed by atoms with E-state index in [1.54, 1.807) is 13.0 Å². The molecule has 0 bridgehead atoms. The number of nitrogens with one attached hydrogen (secondary N) is 2. The van der Waals surface area contributed by atoms with Gasteiger partial charge in [0.05, 0.1) is 0 Å². The second-order valence-corrected chi connectivity index (χ2v) is 5.37. The van der Waals surface area contributed by atoms with Crippen molar-refractivity contribution in [3.05, 3.63) is 17.0 Å². The fourth-order valence-electron chi connectivity index (χ4n) is 1.29. The quantitative estimate of drug-likeness (QED) is 0.656. The van der Waals surface area contributed by atoms with E-state index < -0.39 is 11.7 Å². The number of halogens is 1. The number of alkyl carbamates (subject to hydrolysis) is 1. The van der Waals surface area contributed by atoms with Crippen molar-refractivity contribution in [2.24, 2.45) is 0 Å². The lowest BCUT2D eigenvalue weighted by molar-refractivity contribution is 0.0530. The molecule has 0 spiro atoms. The molecule has 2 N–H and O–H groups in total. The minimum atomic E-state index is -0.491. The number of ether oxygens (including phenoxy) is 1. The topological polar surface area (TPSA) is 76.1 Å². The molecule has 0 atom stereocenters. The van der Waals surface area contributed by atoms with Gasteiger partial charge in [0.15, 0.2) is 0 Å². The average Bonchev–Trinajstić information content (AvgIpc) is 2.20. The van der Waals surface area contributed by atoms with Crippen LogP contribution in [0, 0.1) is 6.92 Å². The minimum absolute atomic E-state index is 0.384. The van der Waals surface area contributed by atoms with E-state index in [0.717, 1.165) is 0 Å². The summed E-state index contributed by atoms with van der Waals surface area (Å²) in [6.45, 7) is 8.15. The van der Waals surface area contributed by atoms with Gasteiger partial charge in [-0.05, 0) is 27.7 Å². The van der Waals surface area contributed by atoms with Gasteiger partial charge in [-0.1, -0.05) is 11.6 Å². The van der Waals surface area contributed by atoms with Crippen molar-refractivity contribution in [3.8, 4) is 0 Å². The summed E-state index contributed by atoms with van der Waals surface area (Å²) in [5.41, 5.74) is -0.491. The van der Waals surface area contributed by atoms with Crippen LogP contribution in [0.1, 0.15) is 26.6 Å². The summed E-state index contributed by atoms with van der Waals surface area (Å²) in [6.07, 6.45) is -0.439. The van der Waals surface area contributed by atoms with E-state index in [1.165, 1.54) is 0 Å². The van der Waals surface area contributed by atoms with Crippen LogP contribution < -0.4 is 10.6 Å². The standard InChI is InChI=1S/C12H19ClN4O2/c1-8-16-9(13)7-10(17-8)14-5-6-15-11(18)19-12(2,3)4/h7H,5-6H2,1-4H3,(H,15,18)(H,14,16,17). The molecular formula is C12H19ClN4O2. The molecule has 1 heterocycles. The molecule has 1 aromatic heterocycles. The van der Waals surface area contributed by atoms with Gasteiger partial charge in [0.2, 0.25) is 0 Å². The highest BCUT2D eigenvalue weighted by atomic mass is 35.5. The normalized spacial score (nSPS) is 11.0. The number of nitrogens with zero attached hydrogens (tertiary/aromatic N) is 2. The Morgan fingerprint density at radius 1 is 1.37 bits per heavy atom. The summed E-state index contributed by atoms with van der Waals surface area (Å²) in [5.74, 6) is 1.22. The molecule has 0 aromatic carbocycles. The molecule has 1 amide bonds. The summed E-state index contributed by atoms with van der Waals surface area (Å²) in [7, 11) is 0. The third-order valence-corrected chi connectivity index (χ3v) is 2.10. The number of carbonyl (C=O) groups is 1. The van der Waals surface area contributed by atoms with Crippen molar-refractivity contribution in [2.45, 2.75) is 33.3 Å². The van der Waals surface area contributed by atoms with Crippen LogP contribution in [0.2, 0.25) is 5.15 Å². The minimum Gasteiger partial charge on any atom is -0.444 e. The number of anilines is 1. The van der Waals surface area contributed by atoms with Crippen LogP contribution in [0.25, 0.3) is 0 Å². The molecular weight excluding hydrogens is 268 g/mol. The molecule has 0 saturated carbocycles. The molecule has 0 aliphatic heterocycles. The number of hydrogen-bond donors (Lipinski definition) is 2. The average molecular weight is 287 g/mol. The van der Waals surface area contributed by atoms with E-state index in [0.29, 0.717) is 29.9 Å². The first-order valence-electron chi connectivity index (χ1n) is 5.98. The van der Waals surface area contributed by atoms with Crippen LogP contribution in [0.4, 0.5) is 10.6 Å². The van der Waals surface area contributed by atoms with Crippen molar-refractivity contribution in [2.75, 3.05) is 18.4 Å². The molecule has 0 aliphatic carbocycles. The fourth-order valence-corrected chi connectivity index (χ4v) is 1.52. The lowest BCUT2D eigenvalue weighted by Gasteiger charge is -2.19. The summed E-state index contributed by atoms with van der Waals surface area (Å²) in [5, 5.41) is 6.06. The zero-order valence-electron chi connectivity index (χ0n) is 11.6. The molecule has 0 unspecified atom stereocenters. The van der Waals surface area contributed by atoms with E-state index in [2.05, 4.69) is 20.6 Å². The third kappa shape index (κ3) is 6.81. The second-order valence-electron chi connectivity index (χ2n) is 4.98. The molecule has 0 aliphatic rings. The van der Waals surface area contributed by atoms with Crippen molar-refractivity contribution in [3.63, 3.8) is 0 Å². The Bertz CT molecular complexity index is 426. The first kappa shape index (κ1) is 15.5. The van der Waals surface area contributed by atoms with Crippen molar-refractivity contribution in [1.29, 1.82) is 0 Å². The van der Waals surface area contributed by atoms with Gasteiger partial charge in [0, 0.05) is 19.2 Å². The van der Waals surface area contributed by atoms with E-state index in [9.17, 15) is 4.79 Å². The number of hydrogen-bond acceptors (Lipinski definition) is 5. The molecule has 106 valence electrons. The molecule has 0 saturated heterocycles. The van der Waals surface area contributed by atoms with E-state index in [1.807, 2.05) is 20.8 Å². The van der Waals surface area contributed by atoms with Crippen LogP contribution in [0.5, 0.6) is 0 Å². The van der Waals surface area contributed by atoms with Gasteiger partial charge in [0.25, 0.3) is 0 Å². The van der Waals surface area contributed by atoms with Crippen molar-refractivity contribution in [1.82, 2.24) is 15.3 Å². The molecule has 0 radical (unpaired) electrons. The Hall–Kier alpha value is -1.56. The SMILES string of the molecule is Cc1nc(Cl)cc(NCCNC(=O)OC(C)(C)C)n1. The maximum atomic E-state index is 11.4. The zero-order valence-corrected chi connectivity index (χ0v) is 12.3. The molecule has 6 nitrogen and oxygen atoms in total. The maximum absolute atomic E-state index is 11.4. The van der Waals surface area contributed by atoms with Crippen LogP contribution in [0.15, 0.2) is 6.07 Å². The number of aromatic nitrogens is 2. The lowest BCUT2D eigenvalue weighted by Crippen LogP contribution is -2.35. The number of aryl methyl sites for hydroxylation is 1. The van der Waals surface area contributed by atoms with Crippen LogP contribution >= 0.6 is 11.6 Å². The molecule has 7 heteroatoms. The van der Waals surface area contributed by atoms with Crippen LogP contribution in [0.3, 0.4) is 0 Å². The first-order valence-corrected chi connectivity index (χ1v) is 6.36. The van der Waals surface area contributed by atoms with E-state index in [-0.39, 0.29) is 0 Å². The Balaban J connectivity index is 2.29. The fraction of sp³-hybridized carbons (Fsp3) is 0.583. The Morgan fingerprint density at radius 3 is 2.63 bits per heavy atom. The molecule has 1 aromatic rings. The highest BCUT2D eigenvalue weighted by molar-refractivity contribution is 6.29. The second kappa shape index (κ2) is 6.56. The zero-order chi connectivity index (χ0) is 14.5. The molecule has 1 rings (SSSR count). The third-order valence-electron chi connectivity index (χ3n) is 1.91. The van der Waals surface area contributed by atoms with Crippen LogP contribution in [-0.2, 0) is 4.74 Å². The maximum Gasteiger partial charge on any atom is 0.407 e. The summed E-state index contributed by atoms with van der Waals surface area (Å²) >= 11 is 5.81. The largest absolute Gasteiger partial charge is 0.444 e. The molecule has 0 fully saturated rings.